The van der Waals surface area contributed by atoms with Gasteiger partial charge in [0, 0.05) is 87.9 Å². The fraction of sp³-hybridized carbons (Fsp3) is 0.547. The van der Waals surface area contributed by atoms with Crippen LogP contribution in [0, 0.1) is 17.3 Å². The highest BCUT2D eigenvalue weighted by Crippen LogP contribution is 2.42. The maximum absolute atomic E-state index is 14.8. The van der Waals surface area contributed by atoms with Crippen LogP contribution in [0.2, 0.25) is 0 Å². The highest BCUT2D eigenvalue weighted by molar-refractivity contribution is 5.96. The molecule has 0 radical (unpaired) electrons. The van der Waals surface area contributed by atoms with Crippen molar-refractivity contribution >= 4 is 40.7 Å². The first-order valence-corrected chi connectivity index (χ1v) is 24.8. The van der Waals surface area contributed by atoms with E-state index in [4.69, 9.17) is 19.2 Å². The summed E-state index contributed by atoms with van der Waals surface area (Å²) in [4.78, 5) is 80.3. The lowest BCUT2D eigenvalue weighted by molar-refractivity contribution is -0.155. The maximum atomic E-state index is 14.8. The Balaban J connectivity index is 1.14. The van der Waals surface area contributed by atoms with Gasteiger partial charge in [0.1, 0.15) is 30.0 Å². The number of cyclic esters (lactones) is 1. The van der Waals surface area contributed by atoms with Crippen molar-refractivity contribution in [1.82, 2.24) is 40.0 Å². The molecule has 1 unspecified atom stereocenters. The molecule has 5 atom stereocenters. The molecule has 4 aliphatic heterocycles. The standard InChI is InChI=1S/C53H70N8O9/c1-10-60-44-16-15-34-25-40(44)41(47(60)39-13-11-18-54-45(39)32(4)68-9)26-53(5,6)30-69-51(66)42-14-12-19-61(56-42)50(65)43(23-33-21-36(34)24-37(62)22-33)55-48(63)46(31(2)3)58(8)49(64)35-17-20-59(27-35)52(67)70-38-28-57(7)29-38/h11,13,15-16,18,21-22,24-25,31-32,35,38,42-43,46,56,62H,10,12,14,17,19-20,23,26-30H2,1-9H3,(H,55,63)/t32-,35-,42-,43-,46?/m0/s1. The molecule has 0 saturated carbocycles. The van der Waals surface area contributed by atoms with Gasteiger partial charge in [-0.3, -0.25) is 34.1 Å². The molecule has 6 bridgehead atoms. The highest BCUT2D eigenvalue weighted by Gasteiger charge is 2.41. The van der Waals surface area contributed by atoms with E-state index in [9.17, 15) is 29.1 Å². The van der Waals surface area contributed by atoms with Crippen molar-refractivity contribution < 1.29 is 43.3 Å². The molecular weight excluding hydrogens is 893 g/mol. The van der Waals surface area contributed by atoms with Gasteiger partial charge in [-0.05, 0) is 111 Å². The Labute approximate surface area is 410 Å². The molecule has 4 aliphatic rings. The van der Waals surface area contributed by atoms with E-state index in [2.05, 4.69) is 59.2 Å². The van der Waals surface area contributed by atoms with Crippen LogP contribution < -0.4 is 10.7 Å². The van der Waals surface area contributed by atoms with Crippen molar-refractivity contribution in [3.63, 3.8) is 0 Å². The number of carbonyl (C=O) groups excluding carboxylic acids is 5. The van der Waals surface area contributed by atoms with E-state index in [0.717, 1.165) is 39.0 Å². The van der Waals surface area contributed by atoms with Crippen LogP contribution >= 0.6 is 0 Å². The Hall–Kier alpha value is -6.04. The number of hydrogen-bond donors (Lipinski definition) is 3. The van der Waals surface area contributed by atoms with E-state index in [0.29, 0.717) is 63.0 Å². The minimum Gasteiger partial charge on any atom is -0.508 e. The van der Waals surface area contributed by atoms with Crippen LogP contribution in [-0.4, -0.2) is 149 Å². The normalized spacial score (nSPS) is 22.0. The van der Waals surface area contributed by atoms with Crippen molar-refractivity contribution in [2.45, 2.75) is 111 Å². The molecule has 3 N–H and O–H groups in total. The van der Waals surface area contributed by atoms with Crippen LogP contribution in [0.3, 0.4) is 0 Å². The fourth-order valence-corrected chi connectivity index (χ4v) is 10.7. The summed E-state index contributed by atoms with van der Waals surface area (Å²) in [5.41, 5.74) is 9.52. The maximum Gasteiger partial charge on any atom is 0.410 e. The van der Waals surface area contributed by atoms with Crippen molar-refractivity contribution in [2.24, 2.45) is 17.3 Å². The van der Waals surface area contributed by atoms with Crippen LogP contribution in [0.15, 0.2) is 54.7 Å². The van der Waals surface area contributed by atoms with Gasteiger partial charge in [-0.25, -0.2) is 10.2 Å². The quantitative estimate of drug-likeness (QED) is 0.165. The number of likely N-dealkylation sites (N-methyl/N-ethyl adjacent to an activating group) is 2. The number of aromatic nitrogens is 2. The van der Waals surface area contributed by atoms with Crippen LogP contribution in [0.5, 0.6) is 5.75 Å². The molecule has 8 rings (SSSR count). The van der Waals surface area contributed by atoms with Gasteiger partial charge >= 0.3 is 12.1 Å². The molecule has 0 aliphatic carbocycles. The molecule has 3 saturated heterocycles. The lowest BCUT2D eigenvalue weighted by Crippen LogP contribution is -2.62. The molecule has 2 aromatic carbocycles. The average Bonchev–Trinajstić information content (AvgIpc) is 3.94. The number of fused-ring (bicyclic) bond motifs is 6. The van der Waals surface area contributed by atoms with Gasteiger partial charge in [0.2, 0.25) is 11.8 Å². The first kappa shape index (κ1) is 50.4. The zero-order valence-electron chi connectivity index (χ0n) is 42.1. The molecule has 70 heavy (non-hydrogen) atoms. The number of amides is 4. The molecule has 17 nitrogen and oxygen atoms in total. The number of carbonyl (C=O) groups is 5. The second-order valence-corrected chi connectivity index (χ2v) is 20.8. The van der Waals surface area contributed by atoms with Gasteiger partial charge in [0.05, 0.1) is 30.0 Å². The summed E-state index contributed by atoms with van der Waals surface area (Å²) in [6, 6.07) is 12.5. The van der Waals surface area contributed by atoms with Crippen LogP contribution in [-0.2, 0) is 52.8 Å². The van der Waals surface area contributed by atoms with Gasteiger partial charge < -0.3 is 39.0 Å². The highest BCUT2D eigenvalue weighted by atomic mass is 16.6. The Bertz CT molecular complexity index is 2620. The molecule has 3 fully saturated rings. The van der Waals surface area contributed by atoms with Crippen LogP contribution in [0.1, 0.15) is 83.7 Å². The van der Waals surface area contributed by atoms with Gasteiger partial charge in [-0.1, -0.05) is 39.8 Å². The minimum atomic E-state index is -1.17. The number of nitrogens with one attached hydrogen (secondary N) is 2. The molecule has 376 valence electrons. The number of aromatic hydroxyl groups is 1. The number of benzene rings is 2. The molecule has 2 aromatic heterocycles. The second kappa shape index (κ2) is 20.7. The minimum absolute atomic E-state index is 0.0138. The van der Waals surface area contributed by atoms with E-state index in [1.807, 2.05) is 46.0 Å². The zero-order chi connectivity index (χ0) is 50.2. The largest absolute Gasteiger partial charge is 0.508 e. The third-order valence-electron chi connectivity index (χ3n) is 14.4. The Morgan fingerprint density at radius 2 is 1.80 bits per heavy atom. The van der Waals surface area contributed by atoms with Crippen molar-refractivity contribution in [3.8, 4) is 28.1 Å². The number of methoxy groups -OCH3 is 1. The number of ether oxygens (including phenoxy) is 3. The number of phenolic OH excluding ortho intramolecular Hbond substituents is 1. The molecule has 4 aromatic rings. The van der Waals surface area contributed by atoms with Crippen LogP contribution in [0.25, 0.3) is 33.3 Å². The molecule has 17 heteroatoms. The first-order chi connectivity index (χ1) is 33.4. The zero-order valence-corrected chi connectivity index (χ0v) is 42.1. The van der Waals surface area contributed by atoms with E-state index >= 15 is 0 Å². The molecule has 0 spiro atoms. The second-order valence-electron chi connectivity index (χ2n) is 20.8. The molecular formula is C53H70N8O9. The summed E-state index contributed by atoms with van der Waals surface area (Å²) >= 11 is 0. The Morgan fingerprint density at radius 1 is 1.03 bits per heavy atom. The summed E-state index contributed by atoms with van der Waals surface area (Å²) in [5.74, 6) is -2.68. The fourth-order valence-electron chi connectivity index (χ4n) is 10.7. The van der Waals surface area contributed by atoms with Gasteiger partial charge in [0.25, 0.3) is 5.91 Å². The topological polar surface area (TPSA) is 188 Å². The first-order valence-electron chi connectivity index (χ1n) is 24.8. The number of rotatable bonds is 10. The number of likely N-dealkylation sites (tertiary alicyclic amines) is 2. The third kappa shape index (κ3) is 10.5. The summed E-state index contributed by atoms with van der Waals surface area (Å²) < 4.78 is 19.9. The smallest absolute Gasteiger partial charge is 0.410 e. The predicted octanol–water partition coefficient (Wildman–Crippen LogP) is 5.71. The van der Waals surface area contributed by atoms with Crippen molar-refractivity contribution in [1.29, 1.82) is 0 Å². The van der Waals surface area contributed by atoms with E-state index in [1.54, 1.807) is 37.4 Å². The van der Waals surface area contributed by atoms with Crippen molar-refractivity contribution in [2.75, 3.05) is 60.5 Å². The number of aryl methyl sites for hydroxylation is 1. The number of phenols is 1. The lowest BCUT2D eigenvalue weighted by atomic mass is 9.84. The Morgan fingerprint density at radius 3 is 2.51 bits per heavy atom. The van der Waals surface area contributed by atoms with Crippen LogP contribution in [0.4, 0.5) is 4.79 Å². The molecule has 6 heterocycles. The number of pyridine rings is 1. The Kier molecular flexibility index (Phi) is 14.9. The SMILES string of the molecule is CCn1c(-c2cccnc2[C@H](C)OC)c2c3cc(ccc31)-c1cc(O)cc(c1)C[C@H](NC(=O)C(C(C)C)N(C)C(=O)[C@H]1CCN(C(=O)OC3CN(C)C3)C1)C(=O)N1CCC[C@H](N1)C(=O)OCC(C)(C)C2. The van der Waals surface area contributed by atoms with E-state index in [1.165, 1.54) is 9.91 Å². The number of hydrazine groups is 1. The van der Waals surface area contributed by atoms with Gasteiger partial charge in [-0.15, -0.1) is 0 Å². The molecule has 4 amide bonds. The third-order valence-corrected chi connectivity index (χ3v) is 14.4. The summed E-state index contributed by atoms with van der Waals surface area (Å²) in [6.45, 7) is 14.8. The summed E-state index contributed by atoms with van der Waals surface area (Å²) in [6.07, 6.45) is 2.76. The lowest BCUT2D eigenvalue weighted by Gasteiger charge is -2.37. The van der Waals surface area contributed by atoms with Crippen molar-refractivity contribution in [3.05, 3.63) is 71.5 Å². The summed E-state index contributed by atoms with van der Waals surface area (Å²) in [7, 11) is 5.21. The average molecular weight is 963 g/mol. The predicted molar refractivity (Wildman–Crippen MR) is 264 cm³/mol. The van der Waals surface area contributed by atoms with Gasteiger partial charge in [-0.2, -0.15) is 0 Å². The number of nitrogens with zero attached hydrogens (tertiary/aromatic N) is 6. The number of hydrogen-bond acceptors (Lipinski definition) is 12. The monoisotopic (exact) mass is 963 g/mol. The van der Waals surface area contributed by atoms with Gasteiger partial charge in [0.15, 0.2) is 0 Å². The van der Waals surface area contributed by atoms with E-state index < -0.39 is 53.3 Å². The van der Waals surface area contributed by atoms with E-state index in [-0.39, 0.29) is 55.9 Å². The number of esters is 1. The summed E-state index contributed by atoms with van der Waals surface area (Å²) in [5, 5.41) is 16.8.